The molecule has 2 heteroatoms. The summed E-state index contributed by atoms with van der Waals surface area (Å²) in [6.45, 7) is 3.05. The van der Waals surface area contributed by atoms with Crippen molar-refractivity contribution >= 4 is 0 Å². The van der Waals surface area contributed by atoms with E-state index in [-0.39, 0.29) is 0 Å². The predicted octanol–water partition coefficient (Wildman–Crippen LogP) is 1.65. The molecular weight excluding hydrogens is 184 g/mol. The van der Waals surface area contributed by atoms with E-state index in [1.54, 1.807) is 0 Å². The van der Waals surface area contributed by atoms with Crippen molar-refractivity contribution < 1.29 is 0 Å². The van der Waals surface area contributed by atoms with E-state index in [2.05, 4.69) is 29.6 Å². The standard InChI is InChI=1S/C13H20N2/c14-7-6-11-3-1-4-12(9-11)13-5-2-8-15-10-13/h1,3-4,9,13,15H,2,5-8,10,14H2. The van der Waals surface area contributed by atoms with Gasteiger partial charge in [0.25, 0.3) is 0 Å². The van der Waals surface area contributed by atoms with E-state index in [4.69, 9.17) is 5.73 Å². The third-order valence-corrected chi connectivity index (χ3v) is 3.15. The molecule has 2 rings (SSSR count). The highest BCUT2D eigenvalue weighted by molar-refractivity contribution is 5.27. The van der Waals surface area contributed by atoms with Crippen molar-refractivity contribution in [3.8, 4) is 0 Å². The fourth-order valence-electron chi connectivity index (χ4n) is 2.31. The van der Waals surface area contributed by atoms with Crippen LogP contribution in [0.25, 0.3) is 0 Å². The van der Waals surface area contributed by atoms with Crippen LogP contribution in [0.15, 0.2) is 24.3 Å². The molecule has 0 spiro atoms. The zero-order chi connectivity index (χ0) is 10.5. The Morgan fingerprint density at radius 1 is 1.40 bits per heavy atom. The normalized spacial score (nSPS) is 21.5. The van der Waals surface area contributed by atoms with Crippen LogP contribution in [0, 0.1) is 0 Å². The number of rotatable bonds is 3. The molecule has 0 bridgehead atoms. The average Bonchev–Trinajstić information content (AvgIpc) is 2.31. The second-order valence-corrected chi connectivity index (χ2v) is 4.33. The highest BCUT2D eigenvalue weighted by atomic mass is 14.9. The summed E-state index contributed by atoms with van der Waals surface area (Å²) < 4.78 is 0. The van der Waals surface area contributed by atoms with E-state index in [9.17, 15) is 0 Å². The Labute approximate surface area is 91.9 Å². The Morgan fingerprint density at radius 2 is 2.33 bits per heavy atom. The second kappa shape index (κ2) is 5.29. The van der Waals surface area contributed by atoms with Crippen LogP contribution in [0.5, 0.6) is 0 Å². The molecule has 1 aromatic rings. The molecule has 1 atom stereocenters. The number of hydrogen-bond donors (Lipinski definition) is 2. The van der Waals surface area contributed by atoms with Gasteiger partial charge >= 0.3 is 0 Å². The fraction of sp³-hybridized carbons (Fsp3) is 0.538. The number of benzene rings is 1. The number of nitrogens with one attached hydrogen (secondary N) is 1. The Morgan fingerprint density at radius 3 is 3.07 bits per heavy atom. The second-order valence-electron chi connectivity index (χ2n) is 4.33. The van der Waals surface area contributed by atoms with Crippen molar-refractivity contribution in [2.45, 2.75) is 25.2 Å². The molecule has 1 heterocycles. The molecule has 0 aromatic heterocycles. The van der Waals surface area contributed by atoms with E-state index in [0.717, 1.165) is 19.5 Å². The van der Waals surface area contributed by atoms with E-state index in [0.29, 0.717) is 5.92 Å². The van der Waals surface area contributed by atoms with Gasteiger partial charge in [0.1, 0.15) is 0 Å². The molecule has 1 fully saturated rings. The van der Waals surface area contributed by atoms with Crippen LogP contribution in [-0.2, 0) is 6.42 Å². The average molecular weight is 204 g/mol. The predicted molar refractivity (Wildman–Crippen MR) is 64.0 cm³/mol. The third kappa shape index (κ3) is 2.80. The summed E-state index contributed by atoms with van der Waals surface area (Å²) >= 11 is 0. The Balaban J connectivity index is 2.09. The summed E-state index contributed by atoms with van der Waals surface area (Å²) in [7, 11) is 0. The van der Waals surface area contributed by atoms with Crippen LogP contribution in [0.2, 0.25) is 0 Å². The molecule has 82 valence electrons. The van der Waals surface area contributed by atoms with Gasteiger partial charge in [-0.1, -0.05) is 24.3 Å². The summed E-state index contributed by atoms with van der Waals surface area (Å²) in [5.41, 5.74) is 8.43. The highest BCUT2D eigenvalue weighted by Crippen LogP contribution is 2.23. The zero-order valence-corrected chi connectivity index (χ0v) is 9.21. The highest BCUT2D eigenvalue weighted by Gasteiger charge is 2.14. The van der Waals surface area contributed by atoms with Crippen LogP contribution in [-0.4, -0.2) is 19.6 Å². The lowest BCUT2D eigenvalue weighted by atomic mass is 9.90. The Bertz CT molecular complexity index is 303. The molecule has 0 radical (unpaired) electrons. The van der Waals surface area contributed by atoms with E-state index < -0.39 is 0 Å². The largest absolute Gasteiger partial charge is 0.330 e. The van der Waals surface area contributed by atoms with Crippen molar-refractivity contribution in [1.29, 1.82) is 0 Å². The minimum atomic E-state index is 0.705. The molecule has 1 aromatic carbocycles. The molecular formula is C13H20N2. The van der Waals surface area contributed by atoms with Gasteiger partial charge in [-0.25, -0.2) is 0 Å². The van der Waals surface area contributed by atoms with Crippen molar-refractivity contribution in [2.24, 2.45) is 5.73 Å². The summed E-state index contributed by atoms with van der Waals surface area (Å²) in [5, 5.41) is 3.46. The zero-order valence-electron chi connectivity index (χ0n) is 9.21. The van der Waals surface area contributed by atoms with Gasteiger partial charge in [0.2, 0.25) is 0 Å². The molecule has 15 heavy (non-hydrogen) atoms. The molecule has 1 aliphatic rings. The number of hydrogen-bond acceptors (Lipinski definition) is 2. The maximum absolute atomic E-state index is 5.58. The smallest absolute Gasteiger partial charge is 0.00201 e. The monoisotopic (exact) mass is 204 g/mol. The summed E-state index contributed by atoms with van der Waals surface area (Å²) in [6.07, 6.45) is 3.61. The Hall–Kier alpha value is -0.860. The SMILES string of the molecule is NCCc1cccc(C2CCCNC2)c1. The van der Waals surface area contributed by atoms with Crippen LogP contribution < -0.4 is 11.1 Å². The lowest BCUT2D eigenvalue weighted by Gasteiger charge is -2.23. The summed E-state index contributed by atoms with van der Waals surface area (Å²) in [5.74, 6) is 0.705. The van der Waals surface area contributed by atoms with E-state index in [1.807, 2.05) is 0 Å². The van der Waals surface area contributed by atoms with Gasteiger partial charge in [0.15, 0.2) is 0 Å². The first-order valence-electron chi connectivity index (χ1n) is 5.90. The molecule has 0 amide bonds. The van der Waals surface area contributed by atoms with Gasteiger partial charge in [0.05, 0.1) is 0 Å². The van der Waals surface area contributed by atoms with Crippen molar-refractivity contribution in [3.05, 3.63) is 35.4 Å². The van der Waals surface area contributed by atoms with E-state index >= 15 is 0 Å². The number of nitrogens with two attached hydrogens (primary N) is 1. The first kappa shape index (κ1) is 10.7. The van der Waals surface area contributed by atoms with Gasteiger partial charge in [0, 0.05) is 6.54 Å². The van der Waals surface area contributed by atoms with Gasteiger partial charge in [-0.15, -0.1) is 0 Å². The molecule has 3 N–H and O–H groups in total. The summed E-state index contributed by atoms with van der Waals surface area (Å²) in [4.78, 5) is 0. The van der Waals surface area contributed by atoms with Gasteiger partial charge in [-0.05, 0) is 49.4 Å². The first-order chi connectivity index (χ1) is 7.40. The summed E-state index contributed by atoms with van der Waals surface area (Å²) in [6, 6.07) is 8.91. The maximum atomic E-state index is 5.58. The first-order valence-corrected chi connectivity index (χ1v) is 5.90. The van der Waals surface area contributed by atoms with Crippen molar-refractivity contribution in [1.82, 2.24) is 5.32 Å². The van der Waals surface area contributed by atoms with E-state index in [1.165, 1.54) is 30.5 Å². The third-order valence-electron chi connectivity index (χ3n) is 3.15. The van der Waals surface area contributed by atoms with Crippen LogP contribution in [0.3, 0.4) is 0 Å². The molecule has 2 nitrogen and oxygen atoms in total. The minimum absolute atomic E-state index is 0.705. The molecule has 1 saturated heterocycles. The molecule has 1 aliphatic heterocycles. The lowest BCUT2D eigenvalue weighted by molar-refractivity contribution is 0.461. The lowest BCUT2D eigenvalue weighted by Crippen LogP contribution is -2.28. The molecule has 1 unspecified atom stereocenters. The topological polar surface area (TPSA) is 38.0 Å². The van der Waals surface area contributed by atoms with Gasteiger partial charge in [-0.2, -0.15) is 0 Å². The van der Waals surface area contributed by atoms with Crippen molar-refractivity contribution in [3.63, 3.8) is 0 Å². The molecule has 0 aliphatic carbocycles. The van der Waals surface area contributed by atoms with Crippen LogP contribution in [0.4, 0.5) is 0 Å². The van der Waals surface area contributed by atoms with Crippen LogP contribution >= 0.6 is 0 Å². The van der Waals surface area contributed by atoms with Crippen LogP contribution in [0.1, 0.15) is 29.9 Å². The van der Waals surface area contributed by atoms with Gasteiger partial charge in [-0.3, -0.25) is 0 Å². The van der Waals surface area contributed by atoms with Gasteiger partial charge < -0.3 is 11.1 Å². The Kier molecular flexibility index (Phi) is 3.75. The fourth-order valence-corrected chi connectivity index (χ4v) is 2.31. The van der Waals surface area contributed by atoms with Crippen molar-refractivity contribution in [2.75, 3.05) is 19.6 Å². The minimum Gasteiger partial charge on any atom is -0.330 e. The number of piperidine rings is 1. The quantitative estimate of drug-likeness (QED) is 0.785. The molecule has 0 saturated carbocycles. The maximum Gasteiger partial charge on any atom is 0.00201 e.